The average molecular weight is 453 g/mol. The summed E-state index contributed by atoms with van der Waals surface area (Å²) in [6.07, 6.45) is 2.49. The Balaban J connectivity index is 1.36. The number of carbonyl (C=O) groups excluding carboxylic acids is 1. The summed E-state index contributed by atoms with van der Waals surface area (Å²) in [6.45, 7) is 4.12. The van der Waals surface area contributed by atoms with E-state index < -0.39 is 9.84 Å². The standard InChI is InChI=1S/C19H24N4O3S3/c1-12-4-3-5-16(13(12)2)20-18-21-22-19(28-18)27-10-17(24)23(14-6-7-14)15-8-9-29(25,26)11-15/h3-5,14-15H,6-11H2,1-2H3,(H,20,21)/t15-/m0/s1. The molecular formula is C19H24N4O3S3. The number of thioether (sulfide) groups is 1. The number of nitrogens with zero attached hydrogens (tertiary/aromatic N) is 3. The molecule has 1 saturated carbocycles. The van der Waals surface area contributed by atoms with E-state index in [1.165, 1.54) is 34.2 Å². The molecule has 7 nitrogen and oxygen atoms in total. The zero-order chi connectivity index (χ0) is 20.6. The third kappa shape index (κ3) is 4.92. The van der Waals surface area contributed by atoms with Gasteiger partial charge in [0.25, 0.3) is 0 Å². The summed E-state index contributed by atoms with van der Waals surface area (Å²) in [5.74, 6) is 0.539. The Morgan fingerprint density at radius 2 is 2.03 bits per heavy atom. The van der Waals surface area contributed by atoms with Gasteiger partial charge in [0.2, 0.25) is 11.0 Å². The minimum Gasteiger partial charge on any atom is -0.335 e. The Labute approximate surface area is 179 Å². The molecule has 2 fully saturated rings. The van der Waals surface area contributed by atoms with Crippen molar-refractivity contribution in [3.8, 4) is 0 Å². The second kappa shape index (κ2) is 8.23. The van der Waals surface area contributed by atoms with E-state index in [9.17, 15) is 13.2 Å². The Kier molecular flexibility index (Phi) is 5.85. The van der Waals surface area contributed by atoms with Gasteiger partial charge < -0.3 is 10.2 Å². The third-order valence-electron chi connectivity index (χ3n) is 5.40. The molecule has 0 unspecified atom stereocenters. The summed E-state index contributed by atoms with van der Waals surface area (Å²) in [5, 5.41) is 12.3. The minimum atomic E-state index is -3.01. The number of rotatable bonds is 7. The second-order valence-electron chi connectivity index (χ2n) is 7.62. The van der Waals surface area contributed by atoms with Crippen LogP contribution in [0.25, 0.3) is 0 Å². The molecule has 1 saturated heterocycles. The van der Waals surface area contributed by atoms with Crippen molar-refractivity contribution in [1.82, 2.24) is 15.1 Å². The number of hydrogen-bond acceptors (Lipinski definition) is 8. The van der Waals surface area contributed by atoms with Crippen LogP contribution in [0.1, 0.15) is 30.4 Å². The fraction of sp³-hybridized carbons (Fsp3) is 0.526. The van der Waals surface area contributed by atoms with Crippen LogP contribution >= 0.6 is 23.1 Å². The van der Waals surface area contributed by atoms with Crippen LogP contribution in [-0.4, -0.2) is 58.8 Å². The van der Waals surface area contributed by atoms with Crippen molar-refractivity contribution in [2.45, 2.75) is 49.5 Å². The van der Waals surface area contributed by atoms with E-state index in [1.54, 1.807) is 0 Å². The maximum absolute atomic E-state index is 12.8. The van der Waals surface area contributed by atoms with E-state index >= 15 is 0 Å². The molecule has 0 radical (unpaired) electrons. The predicted molar refractivity (Wildman–Crippen MR) is 117 cm³/mol. The van der Waals surface area contributed by atoms with Crippen molar-refractivity contribution < 1.29 is 13.2 Å². The molecule has 0 spiro atoms. The van der Waals surface area contributed by atoms with Crippen LogP contribution in [-0.2, 0) is 14.6 Å². The molecule has 1 aliphatic heterocycles. The largest absolute Gasteiger partial charge is 0.335 e. The van der Waals surface area contributed by atoms with E-state index in [2.05, 4.69) is 35.4 Å². The lowest BCUT2D eigenvalue weighted by Gasteiger charge is -2.28. The van der Waals surface area contributed by atoms with Crippen LogP contribution in [0.4, 0.5) is 10.8 Å². The Morgan fingerprint density at radius 3 is 2.72 bits per heavy atom. The summed E-state index contributed by atoms with van der Waals surface area (Å²) in [6, 6.07) is 6.10. The summed E-state index contributed by atoms with van der Waals surface area (Å²) in [4.78, 5) is 14.7. The first-order valence-corrected chi connectivity index (χ1v) is 13.3. The van der Waals surface area contributed by atoms with Crippen LogP contribution in [0.5, 0.6) is 0 Å². The Morgan fingerprint density at radius 1 is 1.24 bits per heavy atom. The van der Waals surface area contributed by atoms with Gasteiger partial charge in [-0.05, 0) is 50.3 Å². The average Bonchev–Trinajstić information content (AvgIpc) is 3.29. The SMILES string of the molecule is Cc1cccc(Nc2nnc(SCC(=O)N(C3CC3)[C@H]3CCS(=O)(=O)C3)s2)c1C. The molecule has 0 bridgehead atoms. The van der Waals surface area contributed by atoms with Crippen LogP contribution in [0.2, 0.25) is 0 Å². The van der Waals surface area contributed by atoms with Gasteiger partial charge in [-0.3, -0.25) is 4.79 Å². The Bertz CT molecular complexity index is 1020. The fourth-order valence-electron chi connectivity index (χ4n) is 3.57. The maximum atomic E-state index is 12.8. The first-order chi connectivity index (χ1) is 13.8. The predicted octanol–water partition coefficient (Wildman–Crippen LogP) is 3.17. The third-order valence-corrected chi connectivity index (χ3v) is 9.11. The molecule has 2 heterocycles. The molecule has 2 aliphatic rings. The summed E-state index contributed by atoms with van der Waals surface area (Å²) in [7, 11) is -3.01. The van der Waals surface area contributed by atoms with E-state index in [-0.39, 0.29) is 35.2 Å². The fourth-order valence-corrected chi connectivity index (χ4v) is 6.92. The topological polar surface area (TPSA) is 92.3 Å². The van der Waals surface area contributed by atoms with Gasteiger partial charge in [0.05, 0.1) is 17.3 Å². The van der Waals surface area contributed by atoms with Crippen molar-refractivity contribution in [1.29, 1.82) is 0 Å². The number of nitrogens with one attached hydrogen (secondary N) is 1. The van der Waals surface area contributed by atoms with Gasteiger partial charge >= 0.3 is 0 Å². The lowest BCUT2D eigenvalue weighted by molar-refractivity contribution is -0.130. The van der Waals surface area contributed by atoms with Crippen LogP contribution < -0.4 is 5.32 Å². The van der Waals surface area contributed by atoms with E-state index in [0.717, 1.165) is 22.9 Å². The Hall–Kier alpha value is -1.65. The zero-order valence-electron chi connectivity index (χ0n) is 16.4. The van der Waals surface area contributed by atoms with Crippen LogP contribution in [0, 0.1) is 13.8 Å². The first-order valence-electron chi connectivity index (χ1n) is 9.63. The highest BCUT2D eigenvalue weighted by molar-refractivity contribution is 8.01. The van der Waals surface area contributed by atoms with Crippen molar-refractivity contribution in [2.24, 2.45) is 0 Å². The van der Waals surface area contributed by atoms with Gasteiger partial charge in [0.1, 0.15) is 0 Å². The molecule has 1 atom stereocenters. The van der Waals surface area contributed by atoms with Gasteiger partial charge in [0, 0.05) is 17.8 Å². The molecule has 1 aliphatic carbocycles. The zero-order valence-corrected chi connectivity index (χ0v) is 18.9. The van der Waals surface area contributed by atoms with E-state index in [4.69, 9.17) is 0 Å². The summed E-state index contributed by atoms with van der Waals surface area (Å²) < 4.78 is 24.4. The van der Waals surface area contributed by atoms with E-state index in [0.29, 0.717) is 11.6 Å². The van der Waals surface area contributed by atoms with Crippen molar-refractivity contribution in [2.75, 3.05) is 22.6 Å². The number of anilines is 2. The molecule has 4 rings (SSSR count). The molecule has 156 valence electrons. The number of hydrogen-bond donors (Lipinski definition) is 1. The van der Waals surface area contributed by atoms with Crippen LogP contribution in [0.3, 0.4) is 0 Å². The number of amides is 1. The van der Waals surface area contributed by atoms with Gasteiger partial charge in [0.15, 0.2) is 14.2 Å². The summed E-state index contributed by atoms with van der Waals surface area (Å²) >= 11 is 2.78. The molecule has 1 amide bonds. The molecule has 2 aromatic rings. The first kappa shape index (κ1) is 20.6. The lowest BCUT2D eigenvalue weighted by Crippen LogP contribution is -2.43. The number of sulfone groups is 1. The molecule has 1 aromatic heterocycles. The molecular weight excluding hydrogens is 428 g/mol. The monoisotopic (exact) mass is 452 g/mol. The second-order valence-corrected chi connectivity index (χ2v) is 12.1. The number of benzene rings is 1. The van der Waals surface area contributed by atoms with Crippen molar-refractivity contribution in [3.63, 3.8) is 0 Å². The molecule has 29 heavy (non-hydrogen) atoms. The molecule has 1 aromatic carbocycles. The number of aryl methyl sites for hydroxylation is 1. The van der Waals surface area contributed by atoms with Gasteiger partial charge in [-0.25, -0.2) is 8.42 Å². The molecule has 10 heteroatoms. The normalized spacial score (nSPS) is 20.6. The number of aromatic nitrogens is 2. The highest BCUT2D eigenvalue weighted by Crippen LogP contribution is 2.34. The van der Waals surface area contributed by atoms with Gasteiger partial charge in [-0.15, -0.1) is 10.2 Å². The maximum Gasteiger partial charge on any atom is 0.233 e. The number of carbonyl (C=O) groups is 1. The lowest BCUT2D eigenvalue weighted by atomic mass is 10.1. The van der Waals surface area contributed by atoms with Crippen LogP contribution in [0.15, 0.2) is 22.5 Å². The highest BCUT2D eigenvalue weighted by Gasteiger charge is 2.41. The minimum absolute atomic E-state index is 0.00108. The molecule has 1 N–H and O–H groups in total. The smallest absolute Gasteiger partial charge is 0.233 e. The van der Waals surface area contributed by atoms with E-state index in [1.807, 2.05) is 17.0 Å². The summed E-state index contributed by atoms with van der Waals surface area (Å²) in [5.41, 5.74) is 3.36. The van der Waals surface area contributed by atoms with Crippen molar-refractivity contribution >= 4 is 49.7 Å². The van der Waals surface area contributed by atoms with Gasteiger partial charge in [-0.1, -0.05) is 35.2 Å². The van der Waals surface area contributed by atoms with Gasteiger partial charge in [-0.2, -0.15) is 0 Å². The van der Waals surface area contributed by atoms with Crippen molar-refractivity contribution in [3.05, 3.63) is 29.3 Å². The highest BCUT2D eigenvalue weighted by atomic mass is 32.2. The quantitative estimate of drug-likeness (QED) is 0.645.